The van der Waals surface area contributed by atoms with Crippen LogP contribution in [0.4, 0.5) is 0 Å². The number of amides is 1. The Morgan fingerprint density at radius 3 is 2.62 bits per heavy atom. The third-order valence-electron chi connectivity index (χ3n) is 4.59. The minimum absolute atomic E-state index is 0.198. The molecule has 2 rings (SSSR count). The molecule has 0 unspecified atom stereocenters. The number of benzene rings is 1. The van der Waals surface area contributed by atoms with Crippen LogP contribution in [-0.2, 0) is 11.3 Å². The molecule has 0 spiro atoms. The van der Waals surface area contributed by atoms with Crippen molar-refractivity contribution in [3.63, 3.8) is 0 Å². The molecule has 3 heteroatoms. The third kappa shape index (κ3) is 5.03. The van der Waals surface area contributed by atoms with Crippen LogP contribution in [0.2, 0.25) is 5.02 Å². The van der Waals surface area contributed by atoms with Crippen LogP contribution in [0.15, 0.2) is 24.3 Å². The van der Waals surface area contributed by atoms with E-state index in [1.807, 2.05) is 24.3 Å². The van der Waals surface area contributed by atoms with Gasteiger partial charge in [0.15, 0.2) is 0 Å². The molecule has 1 aliphatic rings. The second-order valence-corrected chi connectivity index (χ2v) is 6.58. The predicted octanol–water partition coefficient (Wildman–Crippen LogP) is 4.95. The van der Waals surface area contributed by atoms with Crippen molar-refractivity contribution in [3.05, 3.63) is 34.9 Å². The van der Waals surface area contributed by atoms with E-state index < -0.39 is 0 Å². The van der Waals surface area contributed by atoms with E-state index in [9.17, 15) is 4.79 Å². The zero-order valence-corrected chi connectivity index (χ0v) is 13.7. The Kier molecular flexibility index (Phi) is 6.56. The van der Waals surface area contributed by atoms with Crippen LogP contribution in [-0.4, -0.2) is 5.91 Å². The molecule has 0 aromatic heterocycles. The number of nitrogens with one attached hydrogen (secondary N) is 1. The monoisotopic (exact) mass is 307 g/mol. The fraction of sp³-hybridized carbons (Fsp3) is 0.611. The molecule has 1 saturated carbocycles. The van der Waals surface area contributed by atoms with E-state index in [1.165, 1.54) is 32.1 Å². The van der Waals surface area contributed by atoms with Crippen LogP contribution in [0, 0.1) is 11.8 Å². The number of hydrogen-bond acceptors (Lipinski definition) is 1. The van der Waals surface area contributed by atoms with Crippen LogP contribution >= 0.6 is 11.6 Å². The first-order valence-corrected chi connectivity index (χ1v) is 8.59. The van der Waals surface area contributed by atoms with Crippen molar-refractivity contribution >= 4 is 17.5 Å². The Morgan fingerprint density at radius 1 is 1.24 bits per heavy atom. The zero-order chi connectivity index (χ0) is 15.1. The Morgan fingerprint density at radius 2 is 1.95 bits per heavy atom. The minimum Gasteiger partial charge on any atom is -0.352 e. The first-order chi connectivity index (χ1) is 10.2. The molecule has 116 valence electrons. The standard InChI is InChI=1S/C18H26ClNO/c1-2-3-6-14-9-11-15(12-10-14)18(21)20-13-16-7-4-5-8-17(16)19/h4-5,7-8,14-15H,2-3,6,9-13H2,1H3,(H,20,21). The highest BCUT2D eigenvalue weighted by Crippen LogP contribution is 2.32. The molecule has 0 bridgehead atoms. The van der Waals surface area contributed by atoms with Crippen LogP contribution in [0.3, 0.4) is 0 Å². The number of carbonyl (C=O) groups is 1. The molecule has 1 aromatic carbocycles. The summed E-state index contributed by atoms with van der Waals surface area (Å²) in [6, 6.07) is 7.68. The summed E-state index contributed by atoms with van der Waals surface area (Å²) >= 11 is 6.11. The molecule has 0 radical (unpaired) electrons. The molecule has 0 saturated heterocycles. The largest absolute Gasteiger partial charge is 0.352 e. The third-order valence-corrected chi connectivity index (χ3v) is 4.96. The number of halogens is 1. The second kappa shape index (κ2) is 8.43. The van der Waals surface area contributed by atoms with Gasteiger partial charge >= 0.3 is 0 Å². The maximum atomic E-state index is 12.2. The van der Waals surface area contributed by atoms with Gasteiger partial charge in [-0.3, -0.25) is 4.79 Å². The highest BCUT2D eigenvalue weighted by atomic mass is 35.5. The van der Waals surface area contributed by atoms with Gasteiger partial charge in [-0.15, -0.1) is 0 Å². The maximum absolute atomic E-state index is 12.2. The van der Waals surface area contributed by atoms with Gasteiger partial charge in [0.1, 0.15) is 0 Å². The number of unbranched alkanes of at least 4 members (excludes halogenated alkanes) is 1. The summed E-state index contributed by atoms with van der Waals surface area (Å²) in [5.41, 5.74) is 0.990. The number of hydrogen-bond donors (Lipinski definition) is 1. The second-order valence-electron chi connectivity index (χ2n) is 6.17. The van der Waals surface area contributed by atoms with Crippen molar-refractivity contribution in [2.75, 3.05) is 0 Å². The molecule has 1 amide bonds. The molecule has 21 heavy (non-hydrogen) atoms. The van der Waals surface area contributed by atoms with E-state index >= 15 is 0 Å². The highest BCUT2D eigenvalue weighted by molar-refractivity contribution is 6.31. The average molecular weight is 308 g/mol. The zero-order valence-electron chi connectivity index (χ0n) is 12.9. The lowest BCUT2D eigenvalue weighted by Crippen LogP contribution is -2.32. The highest BCUT2D eigenvalue weighted by Gasteiger charge is 2.25. The van der Waals surface area contributed by atoms with Gasteiger partial charge in [0.2, 0.25) is 5.91 Å². The summed E-state index contributed by atoms with van der Waals surface area (Å²) in [5, 5.41) is 3.77. The summed E-state index contributed by atoms with van der Waals surface area (Å²) in [5.74, 6) is 1.24. The summed E-state index contributed by atoms with van der Waals surface area (Å²) in [4.78, 5) is 12.2. The van der Waals surface area contributed by atoms with Crippen LogP contribution < -0.4 is 5.32 Å². The van der Waals surface area contributed by atoms with Gasteiger partial charge < -0.3 is 5.32 Å². The van der Waals surface area contributed by atoms with Crippen LogP contribution in [0.1, 0.15) is 57.4 Å². The van der Waals surface area contributed by atoms with Crippen molar-refractivity contribution in [1.29, 1.82) is 0 Å². The van der Waals surface area contributed by atoms with E-state index in [0.717, 1.165) is 29.3 Å². The van der Waals surface area contributed by atoms with Gasteiger partial charge in [0, 0.05) is 17.5 Å². The van der Waals surface area contributed by atoms with E-state index in [4.69, 9.17) is 11.6 Å². The van der Waals surface area contributed by atoms with Gasteiger partial charge in [0.25, 0.3) is 0 Å². The Bertz CT molecular complexity index is 452. The predicted molar refractivity (Wildman–Crippen MR) is 88.3 cm³/mol. The van der Waals surface area contributed by atoms with E-state index in [-0.39, 0.29) is 11.8 Å². The fourth-order valence-electron chi connectivity index (χ4n) is 3.17. The van der Waals surface area contributed by atoms with Crippen molar-refractivity contribution < 1.29 is 4.79 Å². The Labute approximate surface area is 133 Å². The van der Waals surface area contributed by atoms with Crippen LogP contribution in [0.5, 0.6) is 0 Å². The summed E-state index contributed by atoms with van der Waals surface area (Å²) in [6.07, 6.45) is 8.45. The van der Waals surface area contributed by atoms with Crippen LogP contribution in [0.25, 0.3) is 0 Å². The first kappa shape index (κ1) is 16.4. The topological polar surface area (TPSA) is 29.1 Å². The fourth-order valence-corrected chi connectivity index (χ4v) is 3.38. The lowest BCUT2D eigenvalue weighted by atomic mass is 9.79. The summed E-state index contributed by atoms with van der Waals surface area (Å²) < 4.78 is 0. The molecule has 0 atom stereocenters. The maximum Gasteiger partial charge on any atom is 0.223 e. The minimum atomic E-state index is 0.198. The Balaban J connectivity index is 1.74. The first-order valence-electron chi connectivity index (χ1n) is 8.21. The quantitative estimate of drug-likeness (QED) is 0.791. The SMILES string of the molecule is CCCCC1CCC(C(=O)NCc2ccccc2Cl)CC1. The summed E-state index contributed by atoms with van der Waals surface area (Å²) in [6.45, 7) is 2.78. The lowest BCUT2D eigenvalue weighted by molar-refractivity contribution is -0.126. The van der Waals surface area contributed by atoms with Crippen molar-refractivity contribution in [3.8, 4) is 0 Å². The number of carbonyl (C=O) groups excluding carboxylic acids is 1. The smallest absolute Gasteiger partial charge is 0.223 e. The van der Waals surface area contributed by atoms with Crippen molar-refractivity contribution in [2.24, 2.45) is 11.8 Å². The summed E-state index contributed by atoms with van der Waals surface area (Å²) in [7, 11) is 0. The molecule has 2 nitrogen and oxygen atoms in total. The molecule has 0 heterocycles. The van der Waals surface area contributed by atoms with Gasteiger partial charge in [-0.25, -0.2) is 0 Å². The molecule has 0 aliphatic heterocycles. The number of rotatable bonds is 6. The van der Waals surface area contributed by atoms with Gasteiger partial charge in [-0.05, 0) is 43.2 Å². The normalized spacial score (nSPS) is 22.0. The van der Waals surface area contributed by atoms with Crippen molar-refractivity contribution in [1.82, 2.24) is 5.32 Å². The average Bonchev–Trinajstić information content (AvgIpc) is 2.52. The van der Waals surface area contributed by atoms with E-state index in [2.05, 4.69) is 12.2 Å². The van der Waals surface area contributed by atoms with E-state index in [0.29, 0.717) is 6.54 Å². The molecular weight excluding hydrogens is 282 g/mol. The van der Waals surface area contributed by atoms with Gasteiger partial charge in [-0.1, -0.05) is 56.0 Å². The molecule has 1 aliphatic carbocycles. The molecular formula is C18H26ClNO. The van der Waals surface area contributed by atoms with Gasteiger partial charge in [0.05, 0.1) is 0 Å². The molecule has 1 aromatic rings. The molecule has 1 fully saturated rings. The Hall–Kier alpha value is -1.02. The lowest BCUT2D eigenvalue weighted by Gasteiger charge is -2.27. The molecule has 1 N–H and O–H groups in total. The van der Waals surface area contributed by atoms with Crippen molar-refractivity contribution in [2.45, 2.75) is 58.4 Å². The van der Waals surface area contributed by atoms with Gasteiger partial charge in [-0.2, -0.15) is 0 Å². The van der Waals surface area contributed by atoms with E-state index in [1.54, 1.807) is 0 Å².